The second-order valence-electron chi connectivity index (χ2n) is 6.44. The predicted octanol–water partition coefficient (Wildman–Crippen LogP) is 3.92. The molecule has 7 heteroatoms. The number of aromatic nitrogens is 2. The molecule has 0 atom stereocenters. The van der Waals surface area contributed by atoms with Crippen molar-refractivity contribution in [3.05, 3.63) is 77.1 Å². The molecule has 0 bridgehead atoms. The first-order chi connectivity index (χ1) is 13.4. The van der Waals surface area contributed by atoms with Crippen molar-refractivity contribution in [3.8, 4) is 11.4 Å². The van der Waals surface area contributed by atoms with Crippen LogP contribution < -0.4 is 4.74 Å². The maximum atomic E-state index is 13.6. The third kappa shape index (κ3) is 4.03. The molecule has 0 aliphatic heterocycles. The van der Waals surface area contributed by atoms with Gasteiger partial charge in [-0.3, -0.25) is 4.79 Å². The van der Waals surface area contributed by atoms with Crippen LogP contribution in [0.4, 0.5) is 8.78 Å². The van der Waals surface area contributed by atoms with Gasteiger partial charge in [-0.25, -0.2) is 13.5 Å². The van der Waals surface area contributed by atoms with E-state index in [1.54, 1.807) is 49.8 Å². The van der Waals surface area contributed by atoms with E-state index in [0.717, 1.165) is 0 Å². The van der Waals surface area contributed by atoms with Crippen LogP contribution in [0.5, 0.6) is 5.75 Å². The Balaban J connectivity index is 1.71. The van der Waals surface area contributed by atoms with Gasteiger partial charge in [0.2, 0.25) is 0 Å². The van der Waals surface area contributed by atoms with E-state index in [9.17, 15) is 13.6 Å². The van der Waals surface area contributed by atoms with Crippen LogP contribution in [0, 0.1) is 25.5 Å². The lowest BCUT2D eigenvalue weighted by molar-refractivity contribution is 0.0771. The quantitative estimate of drug-likeness (QED) is 0.646. The Morgan fingerprint density at radius 3 is 2.46 bits per heavy atom. The third-order valence-electron chi connectivity index (χ3n) is 4.44. The minimum atomic E-state index is -0.441. The van der Waals surface area contributed by atoms with Gasteiger partial charge in [-0.05, 0) is 50.2 Å². The fraction of sp³-hybridized carbons (Fsp3) is 0.238. The lowest BCUT2D eigenvalue weighted by Crippen LogP contribution is -2.31. The number of para-hydroxylation sites is 1. The van der Waals surface area contributed by atoms with E-state index in [1.165, 1.54) is 29.2 Å². The van der Waals surface area contributed by atoms with Gasteiger partial charge in [-0.15, -0.1) is 0 Å². The number of halogens is 2. The molecule has 0 saturated carbocycles. The Bertz CT molecular complexity index is 984. The number of nitrogens with zero attached hydrogens (tertiary/aromatic N) is 3. The minimum Gasteiger partial charge on any atom is -0.489 e. The standard InChI is InChI=1S/C21H21F2N3O2/c1-14-20(15(2)26(24-14)17-10-8-16(22)9-11-17)21(27)25(3)12-13-28-19-7-5-4-6-18(19)23/h4-11H,12-13H2,1-3H3. The second-order valence-corrected chi connectivity index (χ2v) is 6.44. The maximum Gasteiger partial charge on any atom is 0.257 e. The number of hydrogen-bond acceptors (Lipinski definition) is 3. The Kier molecular flexibility index (Phi) is 5.73. The summed E-state index contributed by atoms with van der Waals surface area (Å²) >= 11 is 0. The number of carbonyl (C=O) groups excluding carboxylic acids is 1. The van der Waals surface area contributed by atoms with Crippen LogP contribution in [-0.2, 0) is 0 Å². The third-order valence-corrected chi connectivity index (χ3v) is 4.44. The number of rotatable bonds is 6. The molecule has 5 nitrogen and oxygen atoms in total. The Morgan fingerprint density at radius 2 is 1.79 bits per heavy atom. The van der Waals surface area contributed by atoms with Crippen LogP contribution in [0.1, 0.15) is 21.7 Å². The molecule has 146 valence electrons. The van der Waals surface area contributed by atoms with E-state index in [1.807, 2.05) is 0 Å². The van der Waals surface area contributed by atoms with Crippen LogP contribution in [0.3, 0.4) is 0 Å². The van der Waals surface area contributed by atoms with E-state index in [-0.39, 0.29) is 30.6 Å². The molecule has 0 spiro atoms. The maximum absolute atomic E-state index is 13.6. The summed E-state index contributed by atoms with van der Waals surface area (Å²) in [5.74, 6) is -0.833. The van der Waals surface area contributed by atoms with Crippen molar-refractivity contribution in [3.63, 3.8) is 0 Å². The van der Waals surface area contributed by atoms with Crippen LogP contribution >= 0.6 is 0 Å². The normalized spacial score (nSPS) is 10.8. The highest BCUT2D eigenvalue weighted by Crippen LogP contribution is 2.20. The molecule has 2 aromatic carbocycles. The summed E-state index contributed by atoms with van der Waals surface area (Å²) in [6, 6.07) is 12.0. The fourth-order valence-corrected chi connectivity index (χ4v) is 2.93. The van der Waals surface area contributed by atoms with Gasteiger partial charge in [0.1, 0.15) is 12.4 Å². The zero-order valence-electron chi connectivity index (χ0n) is 15.9. The predicted molar refractivity (Wildman–Crippen MR) is 102 cm³/mol. The molecule has 0 fully saturated rings. The van der Waals surface area contributed by atoms with Gasteiger partial charge < -0.3 is 9.64 Å². The molecule has 0 aliphatic rings. The van der Waals surface area contributed by atoms with Crippen molar-refractivity contribution in [1.82, 2.24) is 14.7 Å². The molecule has 3 rings (SSSR count). The Morgan fingerprint density at radius 1 is 1.11 bits per heavy atom. The summed E-state index contributed by atoms with van der Waals surface area (Å²) < 4.78 is 33.8. The van der Waals surface area contributed by atoms with E-state index in [2.05, 4.69) is 5.10 Å². The molecule has 0 N–H and O–H groups in total. The molecule has 0 aliphatic carbocycles. The number of benzene rings is 2. The van der Waals surface area contributed by atoms with Crippen LogP contribution in [0.15, 0.2) is 48.5 Å². The molecule has 1 amide bonds. The monoisotopic (exact) mass is 385 g/mol. The van der Waals surface area contributed by atoms with Gasteiger partial charge in [-0.1, -0.05) is 12.1 Å². The van der Waals surface area contributed by atoms with Crippen LogP contribution in [0.2, 0.25) is 0 Å². The average molecular weight is 385 g/mol. The van der Waals surface area contributed by atoms with E-state index in [4.69, 9.17) is 4.74 Å². The topological polar surface area (TPSA) is 47.4 Å². The summed E-state index contributed by atoms with van der Waals surface area (Å²) in [5.41, 5.74) is 2.40. The van der Waals surface area contributed by atoms with Crippen LogP contribution in [0.25, 0.3) is 5.69 Å². The summed E-state index contributed by atoms with van der Waals surface area (Å²) in [4.78, 5) is 14.4. The van der Waals surface area contributed by atoms with Crippen molar-refractivity contribution >= 4 is 5.91 Å². The van der Waals surface area contributed by atoms with Gasteiger partial charge in [0, 0.05) is 7.05 Å². The number of likely N-dealkylation sites (N-methyl/N-ethyl adjacent to an activating group) is 1. The molecule has 3 aromatic rings. The first kappa shape index (κ1) is 19.5. The highest BCUT2D eigenvalue weighted by atomic mass is 19.1. The van der Waals surface area contributed by atoms with E-state index < -0.39 is 5.82 Å². The highest BCUT2D eigenvalue weighted by molar-refractivity contribution is 5.96. The summed E-state index contributed by atoms with van der Waals surface area (Å²) in [6.07, 6.45) is 0. The largest absolute Gasteiger partial charge is 0.489 e. The van der Waals surface area contributed by atoms with E-state index in [0.29, 0.717) is 22.6 Å². The highest BCUT2D eigenvalue weighted by Gasteiger charge is 2.22. The second kappa shape index (κ2) is 8.21. The lowest BCUT2D eigenvalue weighted by Gasteiger charge is -2.18. The van der Waals surface area contributed by atoms with Gasteiger partial charge in [-0.2, -0.15) is 5.10 Å². The molecule has 1 heterocycles. The first-order valence-electron chi connectivity index (χ1n) is 8.83. The molecule has 28 heavy (non-hydrogen) atoms. The van der Waals surface area contributed by atoms with Gasteiger partial charge in [0.15, 0.2) is 11.6 Å². The lowest BCUT2D eigenvalue weighted by atomic mass is 10.1. The van der Waals surface area contributed by atoms with Gasteiger partial charge in [0.05, 0.1) is 29.2 Å². The molecule has 0 saturated heterocycles. The summed E-state index contributed by atoms with van der Waals surface area (Å²) in [7, 11) is 1.65. The van der Waals surface area contributed by atoms with Crippen molar-refractivity contribution in [2.75, 3.05) is 20.2 Å². The van der Waals surface area contributed by atoms with Crippen molar-refractivity contribution < 1.29 is 18.3 Å². The number of ether oxygens (including phenoxy) is 1. The number of hydrogen-bond donors (Lipinski definition) is 0. The zero-order valence-corrected chi connectivity index (χ0v) is 15.9. The average Bonchev–Trinajstić information content (AvgIpc) is 2.97. The number of aryl methyl sites for hydroxylation is 1. The molecular weight excluding hydrogens is 364 g/mol. The van der Waals surface area contributed by atoms with Crippen molar-refractivity contribution in [2.45, 2.75) is 13.8 Å². The summed E-state index contributed by atoms with van der Waals surface area (Å²) in [5, 5.41) is 4.42. The number of amides is 1. The molecule has 0 unspecified atom stereocenters. The Labute approximate surface area is 162 Å². The SMILES string of the molecule is Cc1nn(-c2ccc(F)cc2)c(C)c1C(=O)N(C)CCOc1ccccc1F. The zero-order chi connectivity index (χ0) is 20.3. The molecular formula is C21H21F2N3O2. The Hall–Kier alpha value is -3.22. The molecule has 0 radical (unpaired) electrons. The fourth-order valence-electron chi connectivity index (χ4n) is 2.93. The minimum absolute atomic E-state index is 0.153. The van der Waals surface area contributed by atoms with Crippen molar-refractivity contribution in [1.29, 1.82) is 0 Å². The van der Waals surface area contributed by atoms with Crippen molar-refractivity contribution in [2.24, 2.45) is 0 Å². The first-order valence-corrected chi connectivity index (χ1v) is 8.83. The van der Waals surface area contributed by atoms with Crippen LogP contribution in [-0.4, -0.2) is 40.8 Å². The van der Waals surface area contributed by atoms with Gasteiger partial charge >= 0.3 is 0 Å². The molecule has 1 aromatic heterocycles. The number of carbonyl (C=O) groups is 1. The smallest absolute Gasteiger partial charge is 0.257 e. The van der Waals surface area contributed by atoms with E-state index >= 15 is 0 Å². The summed E-state index contributed by atoms with van der Waals surface area (Å²) in [6.45, 7) is 3.99. The van der Waals surface area contributed by atoms with Gasteiger partial charge in [0.25, 0.3) is 5.91 Å².